The Hall–Kier alpha value is -2.48. The SMILES string of the molecule is CC(C)n1cnc2cc(N3CCN(c4nncs4)CC3)ccc2c1=O. The number of benzene rings is 1. The van der Waals surface area contributed by atoms with E-state index in [4.69, 9.17) is 0 Å². The minimum atomic E-state index is 0.0210. The van der Waals surface area contributed by atoms with Gasteiger partial charge in [-0.1, -0.05) is 11.3 Å². The average molecular weight is 356 g/mol. The van der Waals surface area contributed by atoms with Gasteiger partial charge in [-0.15, -0.1) is 10.2 Å². The minimum Gasteiger partial charge on any atom is -0.368 e. The van der Waals surface area contributed by atoms with Gasteiger partial charge in [0.2, 0.25) is 5.13 Å². The Balaban J connectivity index is 1.56. The number of hydrogen-bond acceptors (Lipinski definition) is 7. The zero-order valence-corrected chi connectivity index (χ0v) is 15.1. The molecule has 0 bridgehead atoms. The van der Waals surface area contributed by atoms with Crippen molar-refractivity contribution in [3.8, 4) is 0 Å². The second-order valence-electron chi connectivity index (χ2n) is 6.45. The van der Waals surface area contributed by atoms with Gasteiger partial charge in [0.15, 0.2) is 0 Å². The molecule has 8 heteroatoms. The number of hydrogen-bond donors (Lipinski definition) is 0. The summed E-state index contributed by atoms with van der Waals surface area (Å²) in [5.74, 6) is 0. The van der Waals surface area contributed by atoms with Crippen LogP contribution in [0, 0.1) is 0 Å². The molecule has 0 radical (unpaired) electrons. The molecule has 1 fully saturated rings. The number of anilines is 2. The van der Waals surface area contributed by atoms with Crippen molar-refractivity contribution in [1.29, 1.82) is 0 Å². The fourth-order valence-corrected chi connectivity index (χ4v) is 3.76. The van der Waals surface area contributed by atoms with E-state index in [0.29, 0.717) is 5.39 Å². The van der Waals surface area contributed by atoms with Gasteiger partial charge >= 0.3 is 0 Å². The summed E-state index contributed by atoms with van der Waals surface area (Å²) in [6.07, 6.45) is 1.65. The quantitative estimate of drug-likeness (QED) is 0.716. The fraction of sp³-hybridized carbons (Fsp3) is 0.412. The minimum absolute atomic E-state index is 0.0210. The van der Waals surface area contributed by atoms with Crippen LogP contribution in [0.4, 0.5) is 10.8 Å². The van der Waals surface area contributed by atoms with Gasteiger partial charge in [-0.05, 0) is 32.0 Å². The largest absolute Gasteiger partial charge is 0.368 e. The summed E-state index contributed by atoms with van der Waals surface area (Å²) in [5, 5.41) is 9.70. The molecule has 2 aromatic heterocycles. The van der Waals surface area contributed by atoms with Crippen LogP contribution in [-0.2, 0) is 0 Å². The van der Waals surface area contributed by atoms with Crippen LogP contribution in [0.1, 0.15) is 19.9 Å². The Morgan fingerprint density at radius 3 is 2.56 bits per heavy atom. The third kappa shape index (κ3) is 2.97. The first kappa shape index (κ1) is 16.0. The van der Waals surface area contributed by atoms with Crippen LogP contribution in [0.25, 0.3) is 10.9 Å². The lowest BCUT2D eigenvalue weighted by molar-refractivity contribution is 0.573. The van der Waals surface area contributed by atoms with Crippen molar-refractivity contribution in [3.05, 3.63) is 40.4 Å². The molecule has 0 N–H and O–H groups in total. The van der Waals surface area contributed by atoms with Gasteiger partial charge in [0, 0.05) is 37.9 Å². The number of rotatable bonds is 3. The zero-order chi connectivity index (χ0) is 17.4. The van der Waals surface area contributed by atoms with Gasteiger partial charge in [0.25, 0.3) is 5.56 Å². The summed E-state index contributed by atoms with van der Waals surface area (Å²) in [6.45, 7) is 7.62. The van der Waals surface area contributed by atoms with Gasteiger partial charge in [-0.2, -0.15) is 0 Å². The standard InChI is InChI=1S/C17H20N6OS/c1-12(2)23-10-18-15-9-13(3-4-14(15)16(23)24)21-5-7-22(8-6-21)17-20-19-11-25-17/h3-4,9-12H,5-8H2,1-2H3. The van der Waals surface area contributed by atoms with E-state index in [1.807, 2.05) is 32.0 Å². The maximum Gasteiger partial charge on any atom is 0.261 e. The smallest absolute Gasteiger partial charge is 0.261 e. The van der Waals surface area contributed by atoms with Crippen molar-refractivity contribution in [1.82, 2.24) is 19.7 Å². The van der Waals surface area contributed by atoms with E-state index < -0.39 is 0 Å². The Morgan fingerprint density at radius 1 is 1.12 bits per heavy atom. The predicted octanol–water partition coefficient (Wildman–Crippen LogP) is 2.16. The van der Waals surface area contributed by atoms with Crippen molar-refractivity contribution in [2.45, 2.75) is 19.9 Å². The Bertz CT molecular complexity index is 928. The van der Waals surface area contributed by atoms with Crippen LogP contribution in [0.5, 0.6) is 0 Å². The number of piperazine rings is 1. The van der Waals surface area contributed by atoms with Gasteiger partial charge < -0.3 is 9.80 Å². The summed E-state index contributed by atoms with van der Waals surface area (Å²) >= 11 is 1.57. The number of fused-ring (bicyclic) bond motifs is 1. The molecule has 1 aliphatic heterocycles. The van der Waals surface area contributed by atoms with E-state index in [1.165, 1.54) is 0 Å². The van der Waals surface area contributed by atoms with Gasteiger partial charge in [0.1, 0.15) is 5.51 Å². The highest BCUT2D eigenvalue weighted by molar-refractivity contribution is 7.13. The lowest BCUT2D eigenvalue weighted by atomic mass is 10.2. The molecule has 1 aromatic carbocycles. The Kier molecular flexibility index (Phi) is 4.12. The molecule has 0 aliphatic carbocycles. The summed E-state index contributed by atoms with van der Waals surface area (Å²) < 4.78 is 1.67. The van der Waals surface area contributed by atoms with Crippen LogP contribution in [0.15, 0.2) is 34.8 Å². The molecule has 0 atom stereocenters. The fourth-order valence-electron chi connectivity index (χ4n) is 3.15. The maximum absolute atomic E-state index is 12.5. The molecular weight excluding hydrogens is 336 g/mol. The molecule has 1 saturated heterocycles. The number of aromatic nitrogens is 4. The molecule has 4 rings (SSSR count). The van der Waals surface area contributed by atoms with E-state index in [2.05, 4.69) is 25.0 Å². The molecule has 0 amide bonds. The summed E-state index contributed by atoms with van der Waals surface area (Å²) in [4.78, 5) is 21.6. The second-order valence-corrected chi connectivity index (χ2v) is 7.26. The van der Waals surface area contributed by atoms with Crippen molar-refractivity contribution in [2.24, 2.45) is 0 Å². The van der Waals surface area contributed by atoms with Gasteiger partial charge in [-0.3, -0.25) is 9.36 Å². The lowest BCUT2D eigenvalue weighted by Gasteiger charge is -2.35. The van der Waals surface area contributed by atoms with Crippen molar-refractivity contribution >= 4 is 33.1 Å². The highest BCUT2D eigenvalue weighted by Crippen LogP contribution is 2.23. The third-order valence-corrected chi connectivity index (χ3v) is 5.34. The summed E-state index contributed by atoms with van der Waals surface area (Å²) in [7, 11) is 0. The van der Waals surface area contributed by atoms with Crippen LogP contribution >= 0.6 is 11.3 Å². The lowest BCUT2D eigenvalue weighted by Crippen LogP contribution is -2.46. The first-order chi connectivity index (χ1) is 12.1. The van der Waals surface area contributed by atoms with E-state index in [9.17, 15) is 4.79 Å². The van der Waals surface area contributed by atoms with Crippen LogP contribution in [0.2, 0.25) is 0 Å². The normalized spacial score (nSPS) is 15.3. The molecule has 7 nitrogen and oxygen atoms in total. The van der Waals surface area contributed by atoms with Gasteiger partial charge in [0.05, 0.1) is 17.2 Å². The van der Waals surface area contributed by atoms with Crippen LogP contribution in [0.3, 0.4) is 0 Å². The summed E-state index contributed by atoms with van der Waals surface area (Å²) in [6, 6.07) is 6.05. The van der Waals surface area contributed by atoms with Gasteiger partial charge in [-0.25, -0.2) is 4.98 Å². The van der Waals surface area contributed by atoms with Crippen molar-refractivity contribution < 1.29 is 0 Å². The molecule has 0 saturated carbocycles. The van der Waals surface area contributed by atoms with E-state index >= 15 is 0 Å². The zero-order valence-electron chi connectivity index (χ0n) is 14.3. The van der Waals surface area contributed by atoms with E-state index in [0.717, 1.165) is 42.5 Å². The number of nitrogens with zero attached hydrogens (tertiary/aromatic N) is 6. The topological polar surface area (TPSA) is 67.2 Å². The molecular formula is C17H20N6OS. The first-order valence-electron chi connectivity index (χ1n) is 8.40. The molecule has 0 unspecified atom stereocenters. The Labute approximate surface area is 149 Å². The van der Waals surface area contributed by atoms with E-state index in [1.54, 1.807) is 27.7 Å². The summed E-state index contributed by atoms with van der Waals surface area (Å²) in [5.41, 5.74) is 3.65. The van der Waals surface area contributed by atoms with E-state index in [-0.39, 0.29) is 11.6 Å². The first-order valence-corrected chi connectivity index (χ1v) is 9.28. The predicted molar refractivity (Wildman–Crippen MR) is 101 cm³/mol. The van der Waals surface area contributed by atoms with Crippen molar-refractivity contribution in [3.63, 3.8) is 0 Å². The van der Waals surface area contributed by atoms with Crippen LogP contribution in [-0.4, -0.2) is 45.9 Å². The monoisotopic (exact) mass is 356 g/mol. The maximum atomic E-state index is 12.5. The molecule has 3 heterocycles. The second kappa shape index (κ2) is 6.44. The molecule has 130 valence electrons. The van der Waals surface area contributed by atoms with Crippen LogP contribution < -0.4 is 15.4 Å². The average Bonchev–Trinajstić information content (AvgIpc) is 3.16. The molecule has 0 spiro atoms. The molecule has 3 aromatic rings. The Morgan fingerprint density at radius 2 is 1.88 bits per heavy atom. The third-order valence-electron chi connectivity index (χ3n) is 4.59. The highest BCUT2D eigenvalue weighted by Gasteiger charge is 2.20. The molecule has 1 aliphatic rings. The highest BCUT2D eigenvalue weighted by atomic mass is 32.1. The molecule has 25 heavy (non-hydrogen) atoms. The van der Waals surface area contributed by atoms with Crippen molar-refractivity contribution in [2.75, 3.05) is 36.0 Å².